The lowest BCUT2D eigenvalue weighted by molar-refractivity contribution is -0.401. The van der Waals surface area contributed by atoms with Gasteiger partial charge in [0.05, 0.1) is 11.4 Å². The summed E-state index contributed by atoms with van der Waals surface area (Å²) in [5.41, 5.74) is 0.343. The number of hydrogen-bond acceptors (Lipinski definition) is 7. The van der Waals surface area contributed by atoms with Crippen LogP contribution in [0.5, 0.6) is 0 Å². The summed E-state index contributed by atoms with van der Waals surface area (Å²) in [5.74, 6) is -0.679. The third kappa shape index (κ3) is 3.86. The van der Waals surface area contributed by atoms with E-state index in [4.69, 9.17) is 4.42 Å². The van der Waals surface area contributed by atoms with E-state index in [1.165, 1.54) is 12.1 Å². The molecule has 0 saturated heterocycles. The topological polar surface area (TPSA) is 127 Å². The zero-order valence-electron chi connectivity index (χ0n) is 10.2. The van der Waals surface area contributed by atoms with Gasteiger partial charge in [-0.15, -0.1) is 11.3 Å². The molecular formula is C10H7BrN4O5S. The molecule has 110 valence electrons. The Hall–Kier alpha value is -2.27. The minimum Gasteiger partial charge on any atom is -0.399 e. The Morgan fingerprint density at radius 3 is 2.86 bits per heavy atom. The maximum Gasteiger partial charge on any atom is 0.433 e. The van der Waals surface area contributed by atoms with Crippen molar-refractivity contribution >= 4 is 50.2 Å². The number of carbonyl (C=O) groups is 2. The Balaban J connectivity index is 2.05. The first-order valence-corrected chi connectivity index (χ1v) is 7.36. The van der Waals surface area contributed by atoms with Gasteiger partial charge in [-0.05, 0) is 6.07 Å². The van der Waals surface area contributed by atoms with Crippen molar-refractivity contribution in [3.63, 3.8) is 0 Å². The van der Waals surface area contributed by atoms with Gasteiger partial charge in [0.1, 0.15) is 10.6 Å². The average molecular weight is 375 g/mol. The quantitative estimate of drug-likeness (QED) is 0.480. The van der Waals surface area contributed by atoms with Gasteiger partial charge in [0, 0.05) is 5.38 Å². The fraction of sp³-hybridized carbons (Fsp3) is 0.100. The van der Waals surface area contributed by atoms with Crippen LogP contribution < -0.4 is 10.6 Å². The predicted molar refractivity (Wildman–Crippen MR) is 77.4 cm³/mol. The summed E-state index contributed by atoms with van der Waals surface area (Å²) < 4.78 is 4.99. The van der Waals surface area contributed by atoms with E-state index in [9.17, 15) is 19.7 Å². The van der Waals surface area contributed by atoms with Crippen molar-refractivity contribution in [2.75, 3.05) is 10.6 Å². The summed E-state index contributed by atoms with van der Waals surface area (Å²) >= 11 is 3.99. The molecule has 0 unspecified atom stereocenters. The standard InChI is InChI=1S/C10H7BrN4O5S/c11-3-7(16)13-9(17)14-10-12-5(4-21-10)6-1-2-8(20-6)15(18)19/h1-2,4H,3H2,(H2,12,13,14,16,17). The van der Waals surface area contributed by atoms with Crippen LogP contribution in [0.15, 0.2) is 21.9 Å². The van der Waals surface area contributed by atoms with Gasteiger partial charge < -0.3 is 4.42 Å². The molecule has 11 heteroatoms. The molecule has 2 rings (SSSR count). The number of rotatable bonds is 4. The Morgan fingerprint density at radius 1 is 1.48 bits per heavy atom. The molecule has 2 N–H and O–H groups in total. The van der Waals surface area contributed by atoms with Gasteiger partial charge in [0.15, 0.2) is 10.9 Å². The lowest BCUT2D eigenvalue weighted by Gasteiger charge is -2.01. The summed E-state index contributed by atoms with van der Waals surface area (Å²) in [7, 11) is 0. The van der Waals surface area contributed by atoms with E-state index >= 15 is 0 Å². The van der Waals surface area contributed by atoms with Crippen molar-refractivity contribution in [3.05, 3.63) is 27.6 Å². The minimum absolute atomic E-state index is 0.000395. The van der Waals surface area contributed by atoms with Crippen LogP contribution in [0.4, 0.5) is 15.8 Å². The molecule has 0 aliphatic carbocycles. The third-order valence-corrected chi connectivity index (χ3v) is 3.39. The molecule has 3 amide bonds. The fourth-order valence-electron chi connectivity index (χ4n) is 1.30. The number of hydrogen-bond donors (Lipinski definition) is 2. The van der Waals surface area contributed by atoms with Crippen molar-refractivity contribution in [1.29, 1.82) is 0 Å². The average Bonchev–Trinajstić information content (AvgIpc) is 3.06. The Kier molecular flexibility index (Phi) is 4.65. The van der Waals surface area contributed by atoms with Gasteiger partial charge >= 0.3 is 11.9 Å². The molecule has 0 saturated carbocycles. The number of imide groups is 1. The molecular weight excluding hydrogens is 368 g/mol. The highest BCUT2D eigenvalue weighted by Crippen LogP contribution is 2.28. The van der Waals surface area contributed by atoms with E-state index < -0.39 is 22.7 Å². The van der Waals surface area contributed by atoms with Gasteiger partial charge in [0.25, 0.3) is 0 Å². The van der Waals surface area contributed by atoms with Crippen LogP contribution in [0.3, 0.4) is 0 Å². The van der Waals surface area contributed by atoms with Gasteiger partial charge in [0.2, 0.25) is 5.91 Å². The second kappa shape index (κ2) is 6.45. The van der Waals surface area contributed by atoms with Gasteiger partial charge in [-0.25, -0.2) is 9.78 Å². The van der Waals surface area contributed by atoms with Crippen molar-refractivity contribution in [2.24, 2.45) is 0 Å². The van der Waals surface area contributed by atoms with E-state index in [2.05, 4.69) is 31.5 Å². The van der Waals surface area contributed by atoms with Gasteiger partial charge in [-0.3, -0.25) is 25.5 Å². The maximum absolute atomic E-state index is 11.4. The van der Waals surface area contributed by atoms with E-state index in [0.29, 0.717) is 5.69 Å². The predicted octanol–water partition coefficient (Wildman–Crippen LogP) is 2.35. The van der Waals surface area contributed by atoms with E-state index in [-0.39, 0.29) is 16.2 Å². The molecule has 2 aromatic heterocycles. The Bertz CT molecular complexity index is 697. The first-order valence-electron chi connectivity index (χ1n) is 5.36. The number of furan rings is 1. The number of alkyl halides is 1. The number of amides is 3. The molecule has 21 heavy (non-hydrogen) atoms. The number of urea groups is 1. The maximum atomic E-state index is 11.4. The fourth-order valence-corrected chi connectivity index (χ4v) is 2.13. The van der Waals surface area contributed by atoms with Crippen LogP contribution in [-0.2, 0) is 4.79 Å². The highest BCUT2D eigenvalue weighted by Gasteiger charge is 2.16. The molecule has 0 spiro atoms. The van der Waals surface area contributed by atoms with Crippen LogP contribution in [0.2, 0.25) is 0 Å². The van der Waals surface area contributed by atoms with E-state index in [1.54, 1.807) is 5.38 Å². The number of anilines is 1. The number of nitro groups is 1. The summed E-state index contributed by atoms with van der Waals surface area (Å²) in [6, 6.07) is 1.90. The SMILES string of the molecule is O=C(CBr)NC(=O)Nc1nc(-c2ccc([N+](=O)[O-])o2)cs1. The number of halogens is 1. The molecule has 0 atom stereocenters. The molecule has 0 aromatic carbocycles. The first kappa shape index (κ1) is 15.1. The molecule has 0 aliphatic rings. The number of nitrogens with one attached hydrogen (secondary N) is 2. The summed E-state index contributed by atoms with van der Waals surface area (Å²) in [6.45, 7) is 0. The van der Waals surface area contributed by atoms with Crippen LogP contribution in [-0.4, -0.2) is 27.2 Å². The van der Waals surface area contributed by atoms with Crippen molar-refractivity contribution in [2.45, 2.75) is 0 Å². The second-order valence-electron chi connectivity index (χ2n) is 3.57. The van der Waals surface area contributed by atoms with E-state index in [0.717, 1.165) is 11.3 Å². The van der Waals surface area contributed by atoms with Gasteiger partial charge in [-0.2, -0.15) is 0 Å². The van der Waals surface area contributed by atoms with Gasteiger partial charge in [-0.1, -0.05) is 15.9 Å². The largest absolute Gasteiger partial charge is 0.433 e. The molecule has 2 aromatic rings. The minimum atomic E-state index is -0.717. The normalized spacial score (nSPS) is 10.1. The molecule has 0 radical (unpaired) electrons. The Morgan fingerprint density at radius 2 is 2.24 bits per heavy atom. The summed E-state index contributed by atoms with van der Waals surface area (Å²) in [4.78, 5) is 36.3. The number of nitrogens with zero attached hydrogens (tertiary/aromatic N) is 2. The van der Waals surface area contributed by atoms with Crippen LogP contribution in [0, 0.1) is 10.1 Å². The molecule has 0 fully saturated rings. The van der Waals surface area contributed by atoms with Crippen molar-refractivity contribution < 1.29 is 18.9 Å². The summed E-state index contributed by atoms with van der Waals surface area (Å²) in [6.07, 6.45) is 0. The lowest BCUT2D eigenvalue weighted by atomic mass is 10.4. The monoisotopic (exact) mass is 374 g/mol. The summed E-state index contributed by atoms with van der Waals surface area (Å²) in [5, 5.41) is 16.7. The van der Waals surface area contributed by atoms with Crippen molar-refractivity contribution in [3.8, 4) is 11.5 Å². The number of carbonyl (C=O) groups excluding carboxylic acids is 2. The smallest absolute Gasteiger partial charge is 0.399 e. The van der Waals surface area contributed by atoms with Crippen LogP contribution in [0.25, 0.3) is 11.5 Å². The first-order chi connectivity index (χ1) is 9.99. The molecule has 0 bridgehead atoms. The number of thiazole rings is 1. The lowest BCUT2D eigenvalue weighted by Crippen LogP contribution is -2.34. The van der Waals surface area contributed by atoms with E-state index in [1.807, 2.05) is 0 Å². The highest BCUT2D eigenvalue weighted by atomic mass is 79.9. The van der Waals surface area contributed by atoms with Crippen LogP contribution >= 0.6 is 27.3 Å². The zero-order valence-corrected chi connectivity index (χ0v) is 12.6. The number of aromatic nitrogens is 1. The van der Waals surface area contributed by atoms with Crippen molar-refractivity contribution in [1.82, 2.24) is 10.3 Å². The molecule has 9 nitrogen and oxygen atoms in total. The van der Waals surface area contributed by atoms with Crippen LogP contribution in [0.1, 0.15) is 0 Å². The Labute approximate surface area is 129 Å². The third-order valence-electron chi connectivity index (χ3n) is 2.12. The zero-order chi connectivity index (χ0) is 15.4. The highest BCUT2D eigenvalue weighted by molar-refractivity contribution is 9.09. The molecule has 0 aliphatic heterocycles. The second-order valence-corrected chi connectivity index (χ2v) is 4.99. The molecule has 2 heterocycles.